The van der Waals surface area contributed by atoms with Gasteiger partial charge in [-0.05, 0) is 46.5 Å². The van der Waals surface area contributed by atoms with E-state index in [9.17, 15) is 9.59 Å². The maximum atomic E-state index is 12.2. The van der Waals surface area contributed by atoms with Crippen LogP contribution >= 0.6 is 0 Å². The number of carbonyl (C=O) groups is 2. The Morgan fingerprint density at radius 1 is 1.22 bits per heavy atom. The van der Waals surface area contributed by atoms with Gasteiger partial charge in [0.2, 0.25) is 11.8 Å². The van der Waals surface area contributed by atoms with Crippen LogP contribution in [0, 0.1) is 5.92 Å². The van der Waals surface area contributed by atoms with Crippen molar-refractivity contribution in [3.05, 3.63) is 0 Å². The zero-order valence-electron chi connectivity index (χ0n) is 15.2. The predicted octanol–water partition coefficient (Wildman–Crippen LogP) is 2.01. The first-order valence-corrected chi connectivity index (χ1v) is 9.22. The van der Waals surface area contributed by atoms with Crippen molar-refractivity contribution in [2.45, 2.75) is 77.9 Å². The zero-order chi connectivity index (χ0) is 17.0. The number of amides is 2. The van der Waals surface area contributed by atoms with E-state index in [1.54, 1.807) is 0 Å². The summed E-state index contributed by atoms with van der Waals surface area (Å²) in [6, 6.07) is 1.25. The number of nitrogens with zero attached hydrogens (tertiary/aromatic N) is 2. The first-order valence-electron chi connectivity index (χ1n) is 9.22. The molecule has 2 fully saturated rings. The standard InChI is InChI=1S/C18H33N3O2/c1-13(2)20(14(3)4)10-9-19-17(22)12-21-16-8-6-5-7-15(16)11-18(21)23/h13-16H,5-12H2,1-4H3,(H,19,22)/t15-,16+/m0/s1. The first-order chi connectivity index (χ1) is 10.9. The summed E-state index contributed by atoms with van der Waals surface area (Å²) >= 11 is 0. The van der Waals surface area contributed by atoms with E-state index in [0.717, 1.165) is 19.4 Å². The summed E-state index contributed by atoms with van der Waals surface area (Å²) < 4.78 is 0. The molecular weight excluding hydrogens is 290 g/mol. The van der Waals surface area contributed by atoms with Gasteiger partial charge in [0.05, 0.1) is 6.54 Å². The van der Waals surface area contributed by atoms with Crippen molar-refractivity contribution in [2.24, 2.45) is 5.92 Å². The zero-order valence-corrected chi connectivity index (χ0v) is 15.2. The topological polar surface area (TPSA) is 52.7 Å². The third-order valence-electron chi connectivity index (χ3n) is 5.36. The fourth-order valence-corrected chi connectivity index (χ4v) is 4.22. The van der Waals surface area contributed by atoms with Crippen molar-refractivity contribution in [1.29, 1.82) is 0 Å². The highest BCUT2D eigenvalue weighted by molar-refractivity contribution is 5.86. The molecule has 1 saturated heterocycles. The summed E-state index contributed by atoms with van der Waals surface area (Å²) in [5.74, 6) is 0.640. The molecule has 0 bridgehead atoms. The van der Waals surface area contributed by atoms with Crippen LogP contribution in [0.3, 0.4) is 0 Å². The lowest BCUT2D eigenvalue weighted by Crippen LogP contribution is -2.46. The quantitative estimate of drug-likeness (QED) is 0.780. The minimum Gasteiger partial charge on any atom is -0.353 e. The Morgan fingerprint density at radius 2 is 1.87 bits per heavy atom. The van der Waals surface area contributed by atoms with E-state index in [4.69, 9.17) is 0 Å². The fraction of sp³-hybridized carbons (Fsp3) is 0.889. The summed E-state index contributed by atoms with van der Waals surface area (Å²) in [6.07, 6.45) is 5.27. The number of carbonyl (C=O) groups excluding carboxylic acids is 2. The van der Waals surface area contributed by atoms with Crippen molar-refractivity contribution in [3.63, 3.8) is 0 Å². The maximum Gasteiger partial charge on any atom is 0.239 e. The Balaban J connectivity index is 1.77. The van der Waals surface area contributed by atoms with Crippen molar-refractivity contribution in [2.75, 3.05) is 19.6 Å². The number of hydrogen-bond donors (Lipinski definition) is 1. The Morgan fingerprint density at radius 3 is 2.52 bits per heavy atom. The lowest BCUT2D eigenvalue weighted by atomic mass is 9.85. The summed E-state index contributed by atoms with van der Waals surface area (Å²) in [7, 11) is 0. The minimum absolute atomic E-state index is 0.0166. The second kappa shape index (κ2) is 8.13. The fourth-order valence-electron chi connectivity index (χ4n) is 4.22. The van der Waals surface area contributed by atoms with Gasteiger partial charge in [-0.15, -0.1) is 0 Å². The van der Waals surface area contributed by atoms with Gasteiger partial charge in [-0.2, -0.15) is 0 Å². The molecule has 2 amide bonds. The molecule has 23 heavy (non-hydrogen) atoms. The van der Waals surface area contributed by atoms with E-state index < -0.39 is 0 Å². The van der Waals surface area contributed by atoms with Gasteiger partial charge in [0, 0.05) is 37.6 Å². The van der Waals surface area contributed by atoms with Crippen molar-refractivity contribution in [1.82, 2.24) is 15.1 Å². The van der Waals surface area contributed by atoms with Crippen LogP contribution in [0.4, 0.5) is 0 Å². The highest BCUT2D eigenvalue weighted by atomic mass is 16.2. The van der Waals surface area contributed by atoms with Crippen molar-refractivity contribution >= 4 is 11.8 Å². The highest BCUT2D eigenvalue weighted by Gasteiger charge is 2.41. The summed E-state index contributed by atoms with van der Waals surface area (Å²) in [5.41, 5.74) is 0. The van der Waals surface area contributed by atoms with Gasteiger partial charge in [-0.1, -0.05) is 12.8 Å². The average Bonchev–Trinajstić information content (AvgIpc) is 2.79. The minimum atomic E-state index is -0.0166. The lowest BCUT2D eigenvalue weighted by Gasteiger charge is -2.32. The summed E-state index contributed by atoms with van der Waals surface area (Å²) in [4.78, 5) is 28.6. The van der Waals surface area contributed by atoms with Crippen LogP contribution in [0.5, 0.6) is 0 Å². The number of rotatable bonds is 7. The van der Waals surface area contributed by atoms with Crippen LogP contribution < -0.4 is 5.32 Å². The van der Waals surface area contributed by atoms with E-state index in [2.05, 4.69) is 37.9 Å². The van der Waals surface area contributed by atoms with Gasteiger partial charge >= 0.3 is 0 Å². The Kier molecular flexibility index (Phi) is 6.45. The second-order valence-electron chi connectivity index (χ2n) is 7.61. The molecular formula is C18H33N3O2. The molecule has 2 aliphatic rings. The van der Waals surface area contributed by atoms with Crippen molar-refractivity contribution < 1.29 is 9.59 Å². The largest absolute Gasteiger partial charge is 0.353 e. The van der Waals surface area contributed by atoms with Gasteiger partial charge < -0.3 is 10.2 Å². The van der Waals surface area contributed by atoms with E-state index >= 15 is 0 Å². The Hall–Kier alpha value is -1.10. The first kappa shape index (κ1) is 18.2. The molecule has 1 aliphatic carbocycles. The van der Waals surface area contributed by atoms with E-state index in [1.165, 1.54) is 12.8 Å². The number of fused-ring (bicyclic) bond motifs is 1. The molecule has 0 spiro atoms. The molecule has 0 aromatic carbocycles. The van der Waals surface area contributed by atoms with Crippen LogP contribution in [0.15, 0.2) is 0 Å². The molecule has 132 valence electrons. The maximum absolute atomic E-state index is 12.2. The molecule has 5 heteroatoms. The molecule has 0 aromatic rings. The van der Waals surface area contributed by atoms with Crippen LogP contribution in [0.1, 0.15) is 59.8 Å². The lowest BCUT2D eigenvalue weighted by molar-refractivity contribution is -0.134. The van der Waals surface area contributed by atoms with Crippen molar-refractivity contribution in [3.8, 4) is 0 Å². The molecule has 5 nitrogen and oxygen atoms in total. The number of likely N-dealkylation sites (tertiary alicyclic amines) is 1. The molecule has 2 rings (SSSR count). The Bertz CT molecular complexity index is 414. The summed E-state index contributed by atoms with van der Waals surface area (Å²) in [6.45, 7) is 10.4. The SMILES string of the molecule is CC(C)N(CCNC(=O)CN1C(=O)C[C@@H]2CCCC[C@H]21)C(C)C. The third-order valence-corrected chi connectivity index (χ3v) is 5.36. The monoisotopic (exact) mass is 323 g/mol. The van der Waals surface area contributed by atoms with E-state index in [-0.39, 0.29) is 18.4 Å². The summed E-state index contributed by atoms with van der Waals surface area (Å²) in [5, 5.41) is 2.99. The molecule has 1 aliphatic heterocycles. The predicted molar refractivity (Wildman–Crippen MR) is 92.1 cm³/mol. The number of nitrogens with one attached hydrogen (secondary N) is 1. The smallest absolute Gasteiger partial charge is 0.239 e. The van der Waals surface area contributed by atoms with E-state index in [1.807, 2.05) is 4.90 Å². The molecule has 1 saturated carbocycles. The van der Waals surface area contributed by atoms with E-state index in [0.29, 0.717) is 37.0 Å². The van der Waals surface area contributed by atoms with Gasteiger partial charge in [-0.3, -0.25) is 14.5 Å². The highest BCUT2D eigenvalue weighted by Crippen LogP contribution is 2.36. The van der Waals surface area contributed by atoms with Gasteiger partial charge in [0.1, 0.15) is 0 Å². The molecule has 1 N–H and O–H groups in total. The van der Waals surface area contributed by atoms with Crippen LogP contribution in [0.2, 0.25) is 0 Å². The molecule has 0 aromatic heterocycles. The van der Waals surface area contributed by atoms with Crippen LogP contribution in [-0.4, -0.2) is 59.4 Å². The Labute approximate surface area is 140 Å². The van der Waals surface area contributed by atoms with Crippen LogP contribution in [-0.2, 0) is 9.59 Å². The van der Waals surface area contributed by atoms with Gasteiger partial charge in [0.25, 0.3) is 0 Å². The second-order valence-corrected chi connectivity index (χ2v) is 7.61. The normalized spacial score (nSPS) is 24.7. The molecule has 2 atom stereocenters. The molecule has 1 heterocycles. The molecule has 0 unspecified atom stereocenters. The van der Waals surface area contributed by atoms with Crippen LogP contribution in [0.25, 0.3) is 0 Å². The third kappa shape index (κ3) is 4.69. The molecule has 0 radical (unpaired) electrons. The van der Waals surface area contributed by atoms with Gasteiger partial charge in [-0.25, -0.2) is 0 Å². The number of hydrogen-bond acceptors (Lipinski definition) is 3. The van der Waals surface area contributed by atoms with Gasteiger partial charge in [0.15, 0.2) is 0 Å². The average molecular weight is 323 g/mol.